The molecular formula is C6H14N8O4S2. The molecule has 0 rings (SSSR count). The molecule has 14 heteroatoms. The standard InChI is InChI=1S/C6H14N8O4S2/c7-11-3(15)1(4(16)12-8)19-20-2(5(17)13-9)6(18)14-10/h1-2H,7-10H2,(H,11,15)(H,12,16)(H,13,17)(H,14,18). The molecule has 0 atom stereocenters. The van der Waals surface area contributed by atoms with Crippen molar-refractivity contribution in [2.45, 2.75) is 10.5 Å². The number of nitrogens with one attached hydrogen (secondary N) is 4. The topological polar surface area (TPSA) is 220 Å². The molecule has 0 aliphatic heterocycles. The summed E-state index contributed by atoms with van der Waals surface area (Å²) in [7, 11) is 1.16. The van der Waals surface area contributed by atoms with Crippen molar-refractivity contribution < 1.29 is 19.2 Å². The van der Waals surface area contributed by atoms with Gasteiger partial charge in [-0.1, -0.05) is 21.6 Å². The van der Waals surface area contributed by atoms with Crippen molar-refractivity contribution in [3.05, 3.63) is 0 Å². The quantitative estimate of drug-likeness (QED) is 0.0731. The lowest BCUT2D eigenvalue weighted by molar-refractivity contribution is -0.130. The van der Waals surface area contributed by atoms with Gasteiger partial charge in [0, 0.05) is 0 Å². The third kappa shape index (κ3) is 5.19. The van der Waals surface area contributed by atoms with Gasteiger partial charge in [-0.05, 0) is 0 Å². The number of rotatable bonds is 7. The van der Waals surface area contributed by atoms with Gasteiger partial charge in [-0.2, -0.15) is 0 Å². The lowest BCUT2D eigenvalue weighted by Crippen LogP contribution is -2.49. The van der Waals surface area contributed by atoms with Crippen LogP contribution in [-0.2, 0) is 19.2 Å². The van der Waals surface area contributed by atoms with Crippen LogP contribution in [0, 0.1) is 0 Å². The van der Waals surface area contributed by atoms with Gasteiger partial charge in [0.05, 0.1) is 0 Å². The highest BCUT2D eigenvalue weighted by molar-refractivity contribution is 8.77. The lowest BCUT2D eigenvalue weighted by Gasteiger charge is -2.16. The molecule has 0 saturated heterocycles. The summed E-state index contributed by atoms with van der Waals surface area (Å²) in [4.78, 5) is 45.5. The molecule has 0 aromatic heterocycles. The van der Waals surface area contributed by atoms with Gasteiger partial charge in [0.1, 0.15) is 0 Å². The van der Waals surface area contributed by atoms with Crippen molar-refractivity contribution in [2.75, 3.05) is 0 Å². The van der Waals surface area contributed by atoms with E-state index in [4.69, 9.17) is 23.4 Å². The number of amides is 4. The Morgan fingerprint density at radius 3 is 0.950 bits per heavy atom. The lowest BCUT2D eigenvalue weighted by atomic mass is 10.4. The molecule has 0 aromatic carbocycles. The molecule has 20 heavy (non-hydrogen) atoms. The predicted octanol–water partition coefficient (Wildman–Crippen LogP) is -4.94. The first-order valence-corrected chi connectivity index (χ1v) is 7.04. The Morgan fingerprint density at radius 1 is 0.600 bits per heavy atom. The Kier molecular flexibility index (Phi) is 8.61. The van der Waals surface area contributed by atoms with Gasteiger partial charge in [-0.25, -0.2) is 23.4 Å². The maximum atomic E-state index is 11.4. The normalized spacial score (nSPS) is 10.1. The smallest absolute Gasteiger partial charge is 0.257 e. The van der Waals surface area contributed by atoms with Crippen LogP contribution in [0.25, 0.3) is 0 Å². The largest absolute Gasteiger partial charge is 0.293 e. The van der Waals surface area contributed by atoms with Gasteiger partial charge in [-0.3, -0.25) is 40.9 Å². The fourth-order valence-corrected chi connectivity index (χ4v) is 3.39. The first-order chi connectivity index (χ1) is 9.42. The van der Waals surface area contributed by atoms with Gasteiger partial charge in [0.25, 0.3) is 23.6 Å². The predicted molar refractivity (Wildman–Crippen MR) is 72.1 cm³/mol. The van der Waals surface area contributed by atoms with Crippen LogP contribution in [0.5, 0.6) is 0 Å². The van der Waals surface area contributed by atoms with Crippen LogP contribution in [0.3, 0.4) is 0 Å². The molecule has 0 aliphatic rings. The number of hydrogen-bond donors (Lipinski definition) is 8. The summed E-state index contributed by atoms with van der Waals surface area (Å²) in [5.41, 5.74) is 7.00. The molecule has 12 N–H and O–H groups in total. The summed E-state index contributed by atoms with van der Waals surface area (Å²) < 4.78 is 0. The van der Waals surface area contributed by atoms with Gasteiger partial charge < -0.3 is 0 Å². The van der Waals surface area contributed by atoms with Crippen molar-refractivity contribution in [3.8, 4) is 0 Å². The van der Waals surface area contributed by atoms with Crippen molar-refractivity contribution in [1.29, 1.82) is 0 Å². The van der Waals surface area contributed by atoms with Crippen LogP contribution < -0.4 is 45.1 Å². The van der Waals surface area contributed by atoms with Crippen LogP contribution in [0.4, 0.5) is 0 Å². The average molecular weight is 326 g/mol. The zero-order chi connectivity index (χ0) is 15.7. The molecule has 12 nitrogen and oxygen atoms in total. The van der Waals surface area contributed by atoms with E-state index in [-0.39, 0.29) is 0 Å². The Hall–Kier alpha value is -1.58. The Labute approximate surface area is 120 Å². The number of hydrogen-bond acceptors (Lipinski definition) is 10. The molecule has 0 bridgehead atoms. The minimum Gasteiger partial charge on any atom is -0.293 e. The van der Waals surface area contributed by atoms with Gasteiger partial charge in [-0.15, -0.1) is 0 Å². The summed E-state index contributed by atoms with van der Waals surface area (Å²) in [6, 6.07) is 0. The fraction of sp³-hybridized carbons (Fsp3) is 0.333. The van der Waals surface area contributed by atoms with E-state index >= 15 is 0 Å². The summed E-state index contributed by atoms with van der Waals surface area (Å²) in [5, 5.41) is -2.76. The molecule has 0 aromatic rings. The van der Waals surface area contributed by atoms with E-state index in [0.29, 0.717) is 21.6 Å². The molecule has 0 saturated carbocycles. The zero-order valence-electron chi connectivity index (χ0n) is 9.91. The van der Waals surface area contributed by atoms with Crippen molar-refractivity contribution >= 4 is 45.2 Å². The van der Waals surface area contributed by atoms with Crippen molar-refractivity contribution in [3.63, 3.8) is 0 Å². The molecule has 0 heterocycles. The highest BCUT2D eigenvalue weighted by atomic mass is 33.1. The van der Waals surface area contributed by atoms with Crippen LogP contribution in [-0.4, -0.2) is 34.1 Å². The second-order valence-corrected chi connectivity index (χ2v) is 5.47. The van der Waals surface area contributed by atoms with Gasteiger partial charge in [0.15, 0.2) is 10.5 Å². The maximum Gasteiger partial charge on any atom is 0.257 e. The van der Waals surface area contributed by atoms with E-state index in [1.165, 1.54) is 0 Å². The molecule has 0 spiro atoms. The number of carbonyl (C=O) groups excluding carboxylic acids is 4. The van der Waals surface area contributed by atoms with Crippen molar-refractivity contribution in [1.82, 2.24) is 21.7 Å². The van der Waals surface area contributed by atoms with Crippen LogP contribution >= 0.6 is 21.6 Å². The van der Waals surface area contributed by atoms with E-state index in [2.05, 4.69) is 0 Å². The van der Waals surface area contributed by atoms with E-state index in [0.717, 1.165) is 0 Å². The number of carbonyl (C=O) groups is 4. The van der Waals surface area contributed by atoms with Gasteiger partial charge in [0.2, 0.25) is 0 Å². The fourth-order valence-electron chi connectivity index (χ4n) is 0.827. The SMILES string of the molecule is NNC(=O)C(SSC(C(=O)NN)C(=O)NN)C(=O)NN. The minimum atomic E-state index is -1.38. The van der Waals surface area contributed by atoms with E-state index in [1.807, 2.05) is 0 Å². The zero-order valence-corrected chi connectivity index (χ0v) is 11.5. The minimum absolute atomic E-state index is 0.582. The Morgan fingerprint density at radius 2 is 0.800 bits per heavy atom. The third-order valence-corrected chi connectivity index (χ3v) is 4.61. The highest BCUT2D eigenvalue weighted by Crippen LogP contribution is 2.31. The summed E-state index contributed by atoms with van der Waals surface area (Å²) >= 11 is 0. The van der Waals surface area contributed by atoms with E-state index in [1.54, 1.807) is 21.7 Å². The summed E-state index contributed by atoms with van der Waals surface area (Å²) in [6.07, 6.45) is 0. The maximum absolute atomic E-state index is 11.4. The first-order valence-electron chi connectivity index (χ1n) is 4.76. The second-order valence-electron chi connectivity index (χ2n) is 2.99. The average Bonchev–Trinajstić information content (AvgIpc) is 2.48. The highest BCUT2D eigenvalue weighted by Gasteiger charge is 2.32. The Bertz CT molecular complexity index is 325. The summed E-state index contributed by atoms with van der Waals surface area (Å²) in [6.45, 7) is 0. The molecular weight excluding hydrogens is 312 g/mol. The molecule has 114 valence electrons. The molecule has 0 unspecified atom stereocenters. The Balaban J connectivity index is 4.86. The monoisotopic (exact) mass is 326 g/mol. The van der Waals surface area contributed by atoms with Crippen molar-refractivity contribution in [2.24, 2.45) is 23.4 Å². The molecule has 0 aliphatic carbocycles. The number of hydrazine groups is 4. The first kappa shape index (κ1) is 18.4. The molecule has 0 fully saturated rings. The second kappa shape index (κ2) is 9.34. The van der Waals surface area contributed by atoms with Crippen LogP contribution in [0.1, 0.15) is 0 Å². The van der Waals surface area contributed by atoms with Crippen LogP contribution in [0.2, 0.25) is 0 Å². The molecule has 0 radical (unpaired) electrons. The third-order valence-electron chi connectivity index (χ3n) is 1.77. The van der Waals surface area contributed by atoms with Gasteiger partial charge >= 0.3 is 0 Å². The van der Waals surface area contributed by atoms with Crippen LogP contribution in [0.15, 0.2) is 0 Å². The number of nitrogens with two attached hydrogens (primary N) is 4. The summed E-state index contributed by atoms with van der Waals surface area (Å²) in [5.74, 6) is 16.1. The van der Waals surface area contributed by atoms with E-state index in [9.17, 15) is 19.2 Å². The molecule has 4 amide bonds. The van der Waals surface area contributed by atoms with E-state index < -0.39 is 34.1 Å².